The molecule has 0 bridgehead atoms. The number of hydrogen-bond donors (Lipinski definition) is 1. The predicted octanol–water partition coefficient (Wildman–Crippen LogP) is 2.77. The fourth-order valence-electron chi connectivity index (χ4n) is 1.98. The minimum Gasteiger partial charge on any atom is -0.484 e. The number of ketones is 1. The monoisotopic (exact) mass is 315 g/mol. The van der Waals surface area contributed by atoms with Gasteiger partial charge in [-0.1, -0.05) is 12.1 Å². The summed E-state index contributed by atoms with van der Waals surface area (Å²) in [5.41, 5.74) is 1.55. The van der Waals surface area contributed by atoms with E-state index in [1.807, 2.05) is 0 Å². The molecule has 0 saturated heterocycles. The number of benzene rings is 2. The summed E-state index contributed by atoms with van der Waals surface area (Å²) in [5.74, 6) is 0.00324. The molecule has 0 heterocycles. The standard InChI is InChI=1S/C18H18FNO3/c1-13(21)15-4-8-17(9-5-15)23-12-18(22)20-11-10-14-2-6-16(19)7-3-14/h2-9H,10-12H2,1H3,(H,20,22). The van der Waals surface area contributed by atoms with E-state index in [0.29, 0.717) is 24.3 Å². The number of hydrogen-bond acceptors (Lipinski definition) is 3. The van der Waals surface area contributed by atoms with Gasteiger partial charge in [-0.2, -0.15) is 0 Å². The highest BCUT2D eigenvalue weighted by Gasteiger charge is 2.04. The predicted molar refractivity (Wildman–Crippen MR) is 85.1 cm³/mol. The molecule has 2 aromatic rings. The molecule has 2 rings (SSSR count). The maximum atomic E-state index is 12.8. The van der Waals surface area contributed by atoms with Gasteiger partial charge in [0.15, 0.2) is 12.4 Å². The number of ether oxygens (including phenoxy) is 1. The molecule has 5 heteroatoms. The Kier molecular flexibility index (Phi) is 5.86. The van der Waals surface area contributed by atoms with Crippen molar-refractivity contribution in [2.45, 2.75) is 13.3 Å². The third kappa shape index (κ3) is 5.54. The van der Waals surface area contributed by atoms with Crippen LogP contribution in [0.5, 0.6) is 5.75 Å². The number of carbonyl (C=O) groups is 2. The van der Waals surface area contributed by atoms with Crippen LogP contribution in [-0.4, -0.2) is 24.8 Å². The van der Waals surface area contributed by atoms with Gasteiger partial charge < -0.3 is 10.1 Å². The lowest BCUT2D eigenvalue weighted by atomic mass is 10.1. The van der Waals surface area contributed by atoms with Gasteiger partial charge in [0, 0.05) is 12.1 Å². The lowest BCUT2D eigenvalue weighted by molar-refractivity contribution is -0.123. The van der Waals surface area contributed by atoms with Gasteiger partial charge in [0.05, 0.1) is 0 Å². The Morgan fingerprint density at radius 3 is 2.30 bits per heavy atom. The summed E-state index contributed by atoms with van der Waals surface area (Å²) in [6, 6.07) is 12.8. The van der Waals surface area contributed by atoms with E-state index in [1.54, 1.807) is 36.4 Å². The number of rotatable bonds is 7. The quantitative estimate of drug-likeness (QED) is 0.799. The highest BCUT2D eigenvalue weighted by Crippen LogP contribution is 2.12. The Hall–Kier alpha value is -2.69. The molecule has 0 atom stereocenters. The number of Topliss-reactive ketones (excluding diaryl/α,β-unsaturated/α-hetero) is 1. The Morgan fingerprint density at radius 1 is 1.04 bits per heavy atom. The van der Waals surface area contributed by atoms with Gasteiger partial charge in [0.2, 0.25) is 0 Å². The summed E-state index contributed by atoms with van der Waals surface area (Å²) in [6.07, 6.45) is 0.624. The third-order valence-electron chi connectivity index (χ3n) is 3.28. The van der Waals surface area contributed by atoms with Crippen LogP contribution >= 0.6 is 0 Å². The van der Waals surface area contributed by atoms with E-state index < -0.39 is 0 Å². The van der Waals surface area contributed by atoms with E-state index in [2.05, 4.69) is 5.32 Å². The van der Waals surface area contributed by atoms with Gasteiger partial charge in [-0.15, -0.1) is 0 Å². The number of carbonyl (C=O) groups excluding carboxylic acids is 2. The Bertz CT molecular complexity index is 666. The molecule has 1 amide bonds. The normalized spacial score (nSPS) is 10.2. The molecule has 0 unspecified atom stereocenters. The van der Waals surface area contributed by atoms with E-state index >= 15 is 0 Å². The lowest BCUT2D eigenvalue weighted by Crippen LogP contribution is -2.30. The molecule has 120 valence electrons. The largest absolute Gasteiger partial charge is 0.484 e. The zero-order valence-electron chi connectivity index (χ0n) is 12.8. The summed E-state index contributed by atoms with van der Waals surface area (Å²) in [7, 11) is 0. The van der Waals surface area contributed by atoms with Crippen LogP contribution in [0.3, 0.4) is 0 Å². The molecule has 4 nitrogen and oxygen atoms in total. The molecule has 0 aromatic heterocycles. The van der Waals surface area contributed by atoms with Crippen molar-refractivity contribution in [3.63, 3.8) is 0 Å². The first-order chi connectivity index (χ1) is 11.0. The van der Waals surface area contributed by atoms with Crippen molar-refractivity contribution < 1.29 is 18.7 Å². The Morgan fingerprint density at radius 2 is 1.70 bits per heavy atom. The van der Waals surface area contributed by atoms with Gasteiger partial charge in [-0.3, -0.25) is 9.59 Å². The summed E-state index contributed by atoms with van der Waals surface area (Å²) in [5, 5.41) is 2.73. The Balaban J connectivity index is 1.70. The highest BCUT2D eigenvalue weighted by atomic mass is 19.1. The zero-order valence-corrected chi connectivity index (χ0v) is 12.8. The summed E-state index contributed by atoms with van der Waals surface area (Å²) in [6.45, 7) is 1.85. The maximum absolute atomic E-state index is 12.8. The first-order valence-corrected chi connectivity index (χ1v) is 7.29. The van der Waals surface area contributed by atoms with Crippen LogP contribution in [-0.2, 0) is 11.2 Å². The third-order valence-corrected chi connectivity index (χ3v) is 3.28. The van der Waals surface area contributed by atoms with Crippen molar-refractivity contribution in [2.24, 2.45) is 0 Å². The van der Waals surface area contributed by atoms with Crippen LogP contribution < -0.4 is 10.1 Å². The second-order valence-electron chi connectivity index (χ2n) is 5.10. The van der Waals surface area contributed by atoms with E-state index in [0.717, 1.165) is 5.56 Å². The summed E-state index contributed by atoms with van der Waals surface area (Å²) < 4.78 is 18.1. The van der Waals surface area contributed by atoms with Crippen molar-refractivity contribution in [2.75, 3.05) is 13.2 Å². The molecule has 0 radical (unpaired) electrons. The maximum Gasteiger partial charge on any atom is 0.257 e. The fraction of sp³-hybridized carbons (Fsp3) is 0.222. The van der Waals surface area contributed by atoms with E-state index in [1.165, 1.54) is 19.1 Å². The average Bonchev–Trinajstić information content (AvgIpc) is 2.55. The summed E-state index contributed by atoms with van der Waals surface area (Å²) >= 11 is 0. The van der Waals surface area contributed by atoms with Gasteiger partial charge >= 0.3 is 0 Å². The van der Waals surface area contributed by atoms with Crippen molar-refractivity contribution >= 4 is 11.7 Å². The van der Waals surface area contributed by atoms with E-state index in [4.69, 9.17) is 4.74 Å². The van der Waals surface area contributed by atoms with Gasteiger partial charge in [-0.25, -0.2) is 4.39 Å². The molecule has 2 aromatic carbocycles. The minimum absolute atomic E-state index is 0.0184. The second kappa shape index (κ2) is 8.08. The lowest BCUT2D eigenvalue weighted by Gasteiger charge is -2.08. The molecule has 0 fully saturated rings. The average molecular weight is 315 g/mol. The SMILES string of the molecule is CC(=O)c1ccc(OCC(=O)NCCc2ccc(F)cc2)cc1. The minimum atomic E-state index is -0.276. The summed E-state index contributed by atoms with van der Waals surface area (Å²) in [4.78, 5) is 22.8. The molecule has 0 spiro atoms. The van der Waals surface area contributed by atoms with Crippen molar-refractivity contribution in [1.82, 2.24) is 5.32 Å². The van der Waals surface area contributed by atoms with Crippen LogP contribution in [0.25, 0.3) is 0 Å². The van der Waals surface area contributed by atoms with E-state index in [-0.39, 0.29) is 24.1 Å². The number of amides is 1. The first-order valence-electron chi connectivity index (χ1n) is 7.29. The number of halogens is 1. The molecule has 1 N–H and O–H groups in total. The molecule has 0 aliphatic heterocycles. The topological polar surface area (TPSA) is 55.4 Å². The zero-order chi connectivity index (χ0) is 16.7. The fourth-order valence-corrected chi connectivity index (χ4v) is 1.98. The van der Waals surface area contributed by atoms with Crippen LogP contribution in [0.1, 0.15) is 22.8 Å². The van der Waals surface area contributed by atoms with Crippen LogP contribution in [0.15, 0.2) is 48.5 Å². The number of nitrogens with one attached hydrogen (secondary N) is 1. The molecule has 0 saturated carbocycles. The van der Waals surface area contributed by atoms with E-state index in [9.17, 15) is 14.0 Å². The van der Waals surface area contributed by atoms with Crippen molar-refractivity contribution in [3.8, 4) is 5.75 Å². The van der Waals surface area contributed by atoms with Gasteiger partial charge in [0.1, 0.15) is 11.6 Å². The molecular formula is C18H18FNO3. The first kappa shape index (κ1) is 16.7. The smallest absolute Gasteiger partial charge is 0.257 e. The molecule has 0 aliphatic carbocycles. The van der Waals surface area contributed by atoms with Gasteiger partial charge in [0.25, 0.3) is 5.91 Å². The Labute approximate surface area is 134 Å². The molecule has 23 heavy (non-hydrogen) atoms. The van der Waals surface area contributed by atoms with Crippen molar-refractivity contribution in [1.29, 1.82) is 0 Å². The molecule has 0 aliphatic rings. The van der Waals surface area contributed by atoms with Crippen LogP contribution in [0.2, 0.25) is 0 Å². The molecular weight excluding hydrogens is 297 g/mol. The van der Waals surface area contributed by atoms with Crippen LogP contribution in [0, 0.1) is 5.82 Å². The second-order valence-corrected chi connectivity index (χ2v) is 5.10. The van der Waals surface area contributed by atoms with Crippen LogP contribution in [0.4, 0.5) is 4.39 Å². The highest BCUT2D eigenvalue weighted by molar-refractivity contribution is 5.94. The van der Waals surface area contributed by atoms with Gasteiger partial charge in [-0.05, 0) is 55.3 Å². The van der Waals surface area contributed by atoms with Crippen molar-refractivity contribution in [3.05, 3.63) is 65.5 Å².